The highest BCUT2D eigenvalue weighted by molar-refractivity contribution is 5.95. The minimum atomic E-state index is -1.38. The summed E-state index contributed by atoms with van der Waals surface area (Å²) in [7, 11) is 0. The third-order valence-corrected chi connectivity index (χ3v) is 3.35. The lowest BCUT2D eigenvalue weighted by atomic mass is 10.0. The first-order chi connectivity index (χ1) is 10.0. The van der Waals surface area contributed by atoms with Gasteiger partial charge in [0.1, 0.15) is 5.82 Å². The molecule has 0 saturated carbocycles. The maximum absolute atomic E-state index is 13.3. The number of rotatable bonds is 5. The third kappa shape index (κ3) is 3.56. The van der Waals surface area contributed by atoms with Crippen molar-refractivity contribution in [1.82, 2.24) is 5.32 Å². The minimum absolute atomic E-state index is 0.0746. The Morgan fingerprint density at radius 3 is 2.86 bits per heavy atom. The van der Waals surface area contributed by atoms with E-state index in [-0.39, 0.29) is 23.6 Å². The minimum Gasteiger partial charge on any atom is -0.478 e. The van der Waals surface area contributed by atoms with E-state index < -0.39 is 17.3 Å². The summed E-state index contributed by atoms with van der Waals surface area (Å²) >= 11 is 0. The summed E-state index contributed by atoms with van der Waals surface area (Å²) in [5, 5.41) is 14.6. The van der Waals surface area contributed by atoms with E-state index >= 15 is 0 Å². The number of anilines is 1. The standard InChI is InChI=1S/C14H17FN2O4/c1-2-16-12-7-21-6-10(12)13(18)17-8-3-4-11(15)9(5-8)14(19)20/h3-5,10,12,16H,2,6-7H2,1H3,(H,17,18)(H,19,20). The fourth-order valence-electron chi connectivity index (χ4n) is 2.28. The first-order valence-electron chi connectivity index (χ1n) is 6.67. The fourth-order valence-corrected chi connectivity index (χ4v) is 2.28. The van der Waals surface area contributed by atoms with Crippen LogP contribution in [0.1, 0.15) is 17.3 Å². The molecule has 1 aliphatic rings. The Kier molecular flexibility index (Phi) is 4.87. The first kappa shape index (κ1) is 15.4. The zero-order chi connectivity index (χ0) is 15.4. The monoisotopic (exact) mass is 296 g/mol. The Balaban J connectivity index is 2.09. The molecule has 1 amide bonds. The number of nitrogens with one attached hydrogen (secondary N) is 2. The molecule has 2 rings (SSSR count). The number of aromatic carboxylic acids is 1. The molecule has 2 atom stereocenters. The van der Waals surface area contributed by atoms with Crippen LogP contribution in [0.4, 0.5) is 10.1 Å². The van der Waals surface area contributed by atoms with Crippen molar-refractivity contribution < 1.29 is 23.8 Å². The molecule has 0 radical (unpaired) electrons. The molecule has 0 bridgehead atoms. The van der Waals surface area contributed by atoms with Gasteiger partial charge in [0.05, 0.1) is 24.7 Å². The van der Waals surface area contributed by atoms with Crippen LogP contribution in [0.3, 0.4) is 0 Å². The van der Waals surface area contributed by atoms with Crippen LogP contribution in [0.25, 0.3) is 0 Å². The number of halogens is 1. The van der Waals surface area contributed by atoms with Crippen molar-refractivity contribution in [3.8, 4) is 0 Å². The van der Waals surface area contributed by atoms with Crippen molar-refractivity contribution in [2.75, 3.05) is 25.1 Å². The summed E-state index contributed by atoms with van der Waals surface area (Å²) in [4.78, 5) is 23.1. The van der Waals surface area contributed by atoms with Gasteiger partial charge in [-0.15, -0.1) is 0 Å². The summed E-state index contributed by atoms with van der Waals surface area (Å²) in [6.45, 7) is 3.41. The zero-order valence-corrected chi connectivity index (χ0v) is 11.6. The fraction of sp³-hybridized carbons (Fsp3) is 0.429. The number of amides is 1. The molecule has 6 nitrogen and oxygen atoms in total. The van der Waals surface area contributed by atoms with Gasteiger partial charge in [0, 0.05) is 11.7 Å². The lowest BCUT2D eigenvalue weighted by molar-refractivity contribution is -0.120. The lowest BCUT2D eigenvalue weighted by Gasteiger charge is -2.18. The van der Waals surface area contributed by atoms with Gasteiger partial charge in [-0.3, -0.25) is 4.79 Å². The maximum atomic E-state index is 13.3. The average molecular weight is 296 g/mol. The van der Waals surface area contributed by atoms with E-state index in [1.165, 1.54) is 6.07 Å². The Bertz CT molecular complexity index is 550. The van der Waals surface area contributed by atoms with Gasteiger partial charge in [-0.2, -0.15) is 0 Å². The molecule has 1 aliphatic heterocycles. The largest absolute Gasteiger partial charge is 0.478 e. The van der Waals surface area contributed by atoms with Gasteiger partial charge in [0.2, 0.25) is 5.91 Å². The third-order valence-electron chi connectivity index (χ3n) is 3.35. The lowest BCUT2D eigenvalue weighted by Crippen LogP contribution is -2.41. The molecule has 21 heavy (non-hydrogen) atoms. The normalized spacial score (nSPS) is 21.2. The van der Waals surface area contributed by atoms with E-state index in [2.05, 4.69) is 10.6 Å². The number of likely N-dealkylation sites (N-methyl/N-ethyl adjacent to an activating group) is 1. The van der Waals surface area contributed by atoms with Gasteiger partial charge in [-0.25, -0.2) is 9.18 Å². The van der Waals surface area contributed by atoms with E-state index in [1.807, 2.05) is 6.92 Å². The molecule has 1 aromatic rings. The molecular weight excluding hydrogens is 279 g/mol. The number of carboxylic acid groups (broad SMARTS) is 1. The van der Waals surface area contributed by atoms with Crippen LogP contribution in [0, 0.1) is 11.7 Å². The molecule has 1 saturated heterocycles. The topological polar surface area (TPSA) is 87.7 Å². The van der Waals surface area contributed by atoms with Gasteiger partial charge in [0.15, 0.2) is 0 Å². The maximum Gasteiger partial charge on any atom is 0.338 e. The molecule has 0 spiro atoms. The van der Waals surface area contributed by atoms with Crippen LogP contribution in [0.15, 0.2) is 18.2 Å². The van der Waals surface area contributed by atoms with Crippen LogP contribution in [0.2, 0.25) is 0 Å². The van der Waals surface area contributed by atoms with Gasteiger partial charge in [-0.1, -0.05) is 6.92 Å². The quantitative estimate of drug-likeness (QED) is 0.757. The van der Waals surface area contributed by atoms with E-state index in [4.69, 9.17) is 9.84 Å². The summed E-state index contributed by atoms with van der Waals surface area (Å²) in [5.74, 6) is -2.85. The van der Waals surface area contributed by atoms with Crippen LogP contribution in [-0.2, 0) is 9.53 Å². The highest BCUT2D eigenvalue weighted by Crippen LogP contribution is 2.19. The van der Waals surface area contributed by atoms with Gasteiger partial charge in [-0.05, 0) is 24.7 Å². The van der Waals surface area contributed by atoms with Crippen LogP contribution >= 0.6 is 0 Å². The number of hydrogen-bond donors (Lipinski definition) is 3. The molecule has 2 unspecified atom stereocenters. The SMILES string of the molecule is CCNC1COCC1C(=O)Nc1ccc(F)c(C(=O)O)c1. The van der Waals surface area contributed by atoms with Gasteiger partial charge in [0.25, 0.3) is 0 Å². The molecular formula is C14H17FN2O4. The molecule has 114 valence electrons. The predicted octanol–water partition coefficient (Wildman–Crippen LogP) is 1.09. The van der Waals surface area contributed by atoms with E-state index in [0.29, 0.717) is 13.2 Å². The Labute approximate surface area is 121 Å². The van der Waals surface area contributed by atoms with Gasteiger partial charge < -0.3 is 20.5 Å². The van der Waals surface area contributed by atoms with Crippen molar-refractivity contribution >= 4 is 17.6 Å². The molecule has 1 aromatic carbocycles. The van der Waals surface area contributed by atoms with Crippen molar-refractivity contribution in [1.29, 1.82) is 0 Å². The van der Waals surface area contributed by atoms with Gasteiger partial charge >= 0.3 is 5.97 Å². The van der Waals surface area contributed by atoms with Crippen molar-refractivity contribution in [3.05, 3.63) is 29.6 Å². The highest BCUT2D eigenvalue weighted by Gasteiger charge is 2.33. The van der Waals surface area contributed by atoms with Crippen molar-refractivity contribution in [3.63, 3.8) is 0 Å². The van der Waals surface area contributed by atoms with Crippen LogP contribution in [-0.4, -0.2) is 42.8 Å². The average Bonchev–Trinajstić information content (AvgIpc) is 2.89. The summed E-state index contributed by atoms with van der Waals surface area (Å²) < 4.78 is 18.6. The molecule has 0 aromatic heterocycles. The smallest absolute Gasteiger partial charge is 0.338 e. The summed E-state index contributed by atoms with van der Waals surface area (Å²) in [6.07, 6.45) is 0. The number of benzene rings is 1. The second-order valence-electron chi connectivity index (χ2n) is 4.80. The molecule has 1 fully saturated rings. The van der Waals surface area contributed by atoms with Crippen molar-refractivity contribution in [2.24, 2.45) is 5.92 Å². The summed E-state index contributed by atoms with van der Waals surface area (Å²) in [5.41, 5.74) is -0.223. The zero-order valence-electron chi connectivity index (χ0n) is 11.6. The van der Waals surface area contributed by atoms with Crippen molar-refractivity contribution in [2.45, 2.75) is 13.0 Å². The Morgan fingerprint density at radius 1 is 1.43 bits per heavy atom. The number of hydrogen-bond acceptors (Lipinski definition) is 4. The number of carbonyl (C=O) groups excluding carboxylic acids is 1. The van der Waals surface area contributed by atoms with Crippen LogP contribution in [0.5, 0.6) is 0 Å². The number of carbonyl (C=O) groups is 2. The molecule has 0 aliphatic carbocycles. The number of ether oxygens (including phenoxy) is 1. The predicted molar refractivity (Wildman–Crippen MR) is 73.8 cm³/mol. The highest BCUT2D eigenvalue weighted by atomic mass is 19.1. The van der Waals surface area contributed by atoms with E-state index in [1.54, 1.807) is 0 Å². The number of carboxylic acids is 1. The second-order valence-corrected chi connectivity index (χ2v) is 4.80. The molecule has 1 heterocycles. The first-order valence-corrected chi connectivity index (χ1v) is 6.67. The molecule has 3 N–H and O–H groups in total. The summed E-state index contributed by atoms with van der Waals surface area (Å²) in [6, 6.07) is 3.38. The van der Waals surface area contributed by atoms with E-state index in [9.17, 15) is 14.0 Å². The second kappa shape index (κ2) is 6.64. The van der Waals surface area contributed by atoms with E-state index in [0.717, 1.165) is 18.7 Å². The molecule has 7 heteroatoms. The van der Waals surface area contributed by atoms with Crippen LogP contribution < -0.4 is 10.6 Å². The Hall–Kier alpha value is -1.99. The Morgan fingerprint density at radius 2 is 2.19 bits per heavy atom.